The standard InChI is InChI=1S/C41H29N3S/c1-43-36(28-13-6-3-7-14-28)23-24-42-41(43)44-37-21-19-29(27-11-4-2-5-12-27)25-34(37)35-26-30(20-22-38(35)44)31-16-10-17-33-32-15-8-9-18-39(32)45-40(31)33/h2-26,36H,1H3. The summed E-state index contributed by atoms with van der Waals surface area (Å²) in [6, 6.07) is 50.6. The molecule has 0 saturated heterocycles. The molecule has 4 heteroatoms. The van der Waals surface area contributed by atoms with E-state index in [1.54, 1.807) is 0 Å². The Labute approximate surface area is 265 Å². The zero-order valence-electron chi connectivity index (χ0n) is 24.8. The van der Waals surface area contributed by atoms with Gasteiger partial charge in [0.2, 0.25) is 5.96 Å². The Morgan fingerprint density at radius 2 is 1.24 bits per heavy atom. The summed E-state index contributed by atoms with van der Waals surface area (Å²) in [5, 5.41) is 5.08. The number of likely N-dealkylation sites (N-methyl/N-ethyl adjacent to an activating group) is 1. The van der Waals surface area contributed by atoms with Crippen LogP contribution < -0.4 is 0 Å². The van der Waals surface area contributed by atoms with Gasteiger partial charge in [0.05, 0.1) is 17.1 Å². The highest BCUT2D eigenvalue weighted by Crippen LogP contribution is 2.42. The molecule has 9 rings (SSSR count). The summed E-state index contributed by atoms with van der Waals surface area (Å²) in [5.74, 6) is 0.915. The van der Waals surface area contributed by atoms with Crippen molar-refractivity contribution in [2.24, 2.45) is 4.99 Å². The van der Waals surface area contributed by atoms with Crippen LogP contribution in [0.25, 0.3) is 64.2 Å². The molecule has 1 unspecified atom stereocenters. The third kappa shape index (κ3) is 4.14. The van der Waals surface area contributed by atoms with Crippen molar-refractivity contribution in [3.05, 3.63) is 157 Å². The van der Waals surface area contributed by atoms with E-state index in [0.29, 0.717) is 0 Å². The minimum atomic E-state index is 0.0969. The van der Waals surface area contributed by atoms with E-state index in [9.17, 15) is 0 Å². The van der Waals surface area contributed by atoms with E-state index in [-0.39, 0.29) is 6.04 Å². The average molecular weight is 596 g/mol. The molecule has 0 fully saturated rings. The molecule has 0 bridgehead atoms. The first-order valence-corrected chi connectivity index (χ1v) is 16.1. The van der Waals surface area contributed by atoms with Crippen molar-refractivity contribution in [3.63, 3.8) is 0 Å². The number of aromatic nitrogens is 1. The van der Waals surface area contributed by atoms with Gasteiger partial charge in [-0.2, -0.15) is 0 Å². The summed E-state index contributed by atoms with van der Waals surface area (Å²) >= 11 is 1.88. The molecule has 3 heterocycles. The lowest BCUT2D eigenvalue weighted by atomic mass is 9.99. The normalized spacial score (nSPS) is 15.0. The summed E-state index contributed by atoms with van der Waals surface area (Å²) < 4.78 is 4.99. The maximum absolute atomic E-state index is 4.98. The van der Waals surface area contributed by atoms with Gasteiger partial charge < -0.3 is 4.90 Å². The van der Waals surface area contributed by atoms with Gasteiger partial charge in [0.1, 0.15) is 0 Å². The molecule has 0 radical (unpaired) electrons. The predicted octanol–water partition coefficient (Wildman–Crippen LogP) is 10.9. The molecule has 45 heavy (non-hydrogen) atoms. The Balaban J connectivity index is 1.28. The van der Waals surface area contributed by atoms with Crippen LogP contribution in [-0.4, -0.2) is 22.5 Å². The van der Waals surface area contributed by atoms with Crippen LogP contribution in [0.5, 0.6) is 0 Å². The summed E-state index contributed by atoms with van der Waals surface area (Å²) in [7, 11) is 2.15. The maximum atomic E-state index is 4.98. The second kappa shape index (κ2) is 10.3. The Morgan fingerprint density at radius 3 is 2.04 bits per heavy atom. The zero-order chi connectivity index (χ0) is 29.9. The van der Waals surface area contributed by atoms with E-state index in [1.165, 1.54) is 58.8 Å². The number of aliphatic imine (C=N–C) groups is 1. The number of thiophene rings is 1. The fourth-order valence-electron chi connectivity index (χ4n) is 6.93. The van der Waals surface area contributed by atoms with Crippen molar-refractivity contribution in [2.75, 3.05) is 7.05 Å². The quantitative estimate of drug-likeness (QED) is 0.199. The topological polar surface area (TPSA) is 20.5 Å². The van der Waals surface area contributed by atoms with Crippen LogP contribution in [0.4, 0.5) is 0 Å². The lowest BCUT2D eigenvalue weighted by molar-refractivity contribution is 0.420. The fraction of sp³-hybridized carbons (Fsp3) is 0.0488. The molecule has 0 amide bonds. The molecule has 214 valence electrons. The Hall–Kier alpha value is -5.45. The van der Waals surface area contributed by atoms with E-state index in [2.05, 4.69) is 162 Å². The largest absolute Gasteiger partial charge is 0.334 e. The first kappa shape index (κ1) is 26.0. The maximum Gasteiger partial charge on any atom is 0.211 e. The Bertz CT molecular complexity index is 2450. The summed E-state index contributed by atoms with van der Waals surface area (Å²) in [6.45, 7) is 0. The molecule has 1 aliphatic rings. The summed E-state index contributed by atoms with van der Waals surface area (Å²) in [5.41, 5.74) is 8.46. The van der Waals surface area contributed by atoms with Gasteiger partial charge in [0, 0.05) is 44.2 Å². The third-order valence-electron chi connectivity index (χ3n) is 9.12. The number of benzene rings is 6. The molecular weight excluding hydrogens is 567 g/mol. The number of rotatable bonds is 3. The smallest absolute Gasteiger partial charge is 0.211 e. The van der Waals surface area contributed by atoms with Crippen LogP contribution in [0.15, 0.2) is 157 Å². The van der Waals surface area contributed by atoms with E-state index >= 15 is 0 Å². The van der Waals surface area contributed by atoms with E-state index in [4.69, 9.17) is 4.99 Å². The van der Waals surface area contributed by atoms with Crippen LogP contribution >= 0.6 is 11.3 Å². The highest BCUT2D eigenvalue weighted by atomic mass is 32.1. The van der Waals surface area contributed by atoms with Crippen LogP contribution in [0, 0.1) is 0 Å². The third-order valence-corrected chi connectivity index (χ3v) is 10.3. The molecule has 0 saturated carbocycles. The number of nitrogens with zero attached hydrogens (tertiary/aromatic N) is 3. The Kier molecular flexibility index (Phi) is 5.97. The fourth-order valence-corrected chi connectivity index (χ4v) is 8.17. The molecule has 0 spiro atoms. The molecule has 6 aromatic carbocycles. The number of hydrogen-bond acceptors (Lipinski definition) is 3. The first-order valence-electron chi connectivity index (χ1n) is 15.3. The lowest BCUT2D eigenvalue weighted by Gasteiger charge is -2.32. The predicted molar refractivity (Wildman–Crippen MR) is 192 cm³/mol. The monoisotopic (exact) mass is 595 g/mol. The van der Waals surface area contributed by atoms with Crippen LogP contribution in [0.1, 0.15) is 11.6 Å². The van der Waals surface area contributed by atoms with Crippen LogP contribution in [0.2, 0.25) is 0 Å². The van der Waals surface area contributed by atoms with Crippen molar-refractivity contribution >= 4 is 59.3 Å². The minimum absolute atomic E-state index is 0.0969. The van der Waals surface area contributed by atoms with Gasteiger partial charge in [-0.15, -0.1) is 11.3 Å². The molecule has 0 N–H and O–H groups in total. The summed E-state index contributed by atoms with van der Waals surface area (Å²) in [6.07, 6.45) is 4.13. The van der Waals surface area contributed by atoms with Gasteiger partial charge in [-0.3, -0.25) is 4.57 Å². The van der Waals surface area contributed by atoms with E-state index in [1.807, 2.05) is 17.5 Å². The highest BCUT2D eigenvalue weighted by molar-refractivity contribution is 7.26. The molecule has 1 atom stereocenters. The van der Waals surface area contributed by atoms with Gasteiger partial charge in [-0.25, -0.2) is 4.99 Å². The molecule has 0 aliphatic carbocycles. The highest BCUT2D eigenvalue weighted by Gasteiger charge is 2.25. The second-order valence-corrected chi connectivity index (χ2v) is 12.7. The van der Waals surface area contributed by atoms with Gasteiger partial charge in [0.25, 0.3) is 0 Å². The van der Waals surface area contributed by atoms with Crippen molar-refractivity contribution in [1.82, 2.24) is 9.47 Å². The SMILES string of the molecule is CN1C(n2c3ccc(-c4ccccc4)cc3c3cc(-c4cccc5c4sc4ccccc45)ccc32)=NC=CC1c1ccccc1. The van der Waals surface area contributed by atoms with Crippen molar-refractivity contribution < 1.29 is 0 Å². The van der Waals surface area contributed by atoms with E-state index in [0.717, 1.165) is 17.0 Å². The minimum Gasteiger partial charge on any atom is -0.334 e. The molecule has 3 nitrogen and oxygen atoms in total. The molecular formula is C41H29N3S. The van der Waals surface area contributed by atoms with Gasteiger partial charge in [-0.05, 0) is 64.2 Å². The summed E-state index contributed by atoms with van der Waals surface area (Å²) in [4.78, 5) is 7.26. The van der Waals surface area contributed by atoms with Crippen LogP contribution in [0.3, 0.4) is 0 Å². The van der Waals surface area contributed by atoms with E-state index < -0.39 is 0 Å². The molecule has 1 aliphatic heterocycles. The number of hydrogen-bond donors (Lipinski definition) is 0. The Morgan fingerprint density at radius 1 is 0.578 bits per heavy atom. The number of fused-ring (bicyclic) bond motifs is 6. The van der Waals surface area contributed by atoms with Gasteiger partial charge >= 0.3 is 0 Å². The van der Waals surface area contributed by atoms with Crippen molar-refractivity contribution in [1.29, 1.82) is 0 Å². The first-order chi connectivity index (χ1) is 22.2. The average Bonchev–Trinajstić information content (AvgIpc) is 3.64. The van der Waals surface area contributed by atoms with Gasteiger partial charge in [0.15, 0.2) is 0 Å². The molecule has 2 aromatic heterocycles. The second-order valence-electron chi connectivity index (χ2n) is 11.7. The van der Waals surface area contributed by atoms with Crippen molar-refractivity contribution in [3.8, 4) is 22.3 Å². The molecule has 8 aromatic rings. The van der Waals surface area contributed by atoms with Gasteiger partial charge in [-0.1, -0.05) is 109 Å². The van der Waals surface area contributed by atoms with Crippen molar-refractivity contribution in [2.45, 2.75) is 6.04 Å². The van der Waals surface area contributed by atoms with Crippen LogP contribution in [-0.2, 0) is 0 Å². The zero-order valence-corrected chi connectivity index (χ0v) is 25.6. The lowest BCUT2D eigenvalue weighted by Crippen LogP contribution is -2.36.